The van der Waals surface area contributed by atoms with E-state index in [1.54, 1.807) is 0 Å². The van der Waals surface area contributed by atoms with Crippen molar-refractivity contribution in [1.82, 2.24) is 4.17 Å². The fraction of sp³-hybridized carbons (Fsp3) is 0.647. The first-order valence-corrected chi connectivity index (χ1v) is 37.8. The van der Waals surface area contributed by atoms with Crippen LogP contribution < -0.4 is 26.0 Å². The van der Waals surface area contributed by atoms with Crippen LogP contribution in [0.5, 0.6) is 0 Å². The normalized spacial score (nSPS) is 13.5. The van der Waals surface area contributed by atoms with Crippen molar-refractivity contribution in [3.05, 3.63) is 117 Å². The van der Waals surface area contributed by atoms with Gasteiger partial charge in [-0.1, -0.05) is 206 Å². The largest absolute Gasteiger partial charge is 0.416 e. The molecule has 0 heterocycles. The number of unbranched alkanes of at least 4 members (excludes halogenated alkanes) is 18. The standard InChI is InChI=1S/C36H78NP2.C32H12BF24/c1-7-13-19-25-31-38(32-26-20-14-8-2,33-27-21-15-9-3)37-39(34-28-22-16-10-4,35-29-23-17-11-5)36-30-24-18-12-6;34-25(35,36)13-1-14(26(37,38)39)6-21(5-13)33(22-7-15(27(40,41)42)2-16(8-22)28(43,44)45,23-9-17(29(46,47)48)3-18(10-23)30(49,50)51)24-11-19(31(52,53)54)4-20(12-24)32(55,56)57/h7-36H2,1-6H3;1-12H/q+1;-1. The van der Waals surface area contributed by atoms with Crippen LogP contribution in [-0.2, 0) is 49.4 Å². The van der Waals surface area contributed by atoms with Crippen molar-refractivity contribution in [2.45, 2.75) is 245 Å². The average Bonchev–Trinajstić information content (AvgIpc) is 0.709. The smallest absolute Gasteiger partial charge is 0.194 e. The van der Waals surface area contributed by atoms with Crippen molar-refractivity contribution >= 4 is 42.1 Å². The van der Waals surface area contributed by atoms with E-state index < -0.39 is 209 Å². The Kier molecular flexibility index (Phi) is 33.1. The Balaban J connectivity index is 0.000000540. The first-order chi connectivity index (χ1) is 44.3. The van der Waals surface area contributed by atoms with Gasteiger partial charge in [0.2, 0.25) is 14.1 Å². The molecular formula is C68H90BF24NP2. The van der Waals surface area contributed by atoms with Gasteiger partial charge >= 0.3 is 49.4 Å². The molecule has 96 heavy (non-hydrogen) atoms. The molecule has 0 aliphatic carbocycles. The molecule has 0 atom stereocenters. The molecule has 1 nitrogen and oxygen atoms in total. The van der Waals surface area contributed by atoms with E-state index in [0.717, 1.165) is 0 Å². The van der Waals surface area contributed by atoms with Crippen LogP contribution in [0.2, 0.25) is 0 Å². The van der Waals surface area contributed by atoms with Crippen LogP contribution >= 0.6 is 14.1 Å². The summed E-state index contributed by atoms with van der Waals surface area (Å²) in [5, 5.41) is 0. The van der Waals surface area contributed by atoms with Gasteiger partial charge < -0.3 is 0 Å². The summed E-state index contributed by atoms with van der Waals surface area (Å²) in [6.45, 7) is 14.3. The van der Waals surface area contributed by atoms with Crippen molar-refractivity contribution in [3.8, 4) is 0 Å². The first kappa shape index (κ1) is 86.1. The quantitative estimate of drug-likeness (QED) is 0.0146. The van der Waals surface area contributed by atoms with Crippen LogP contribution in [0.15, 0.2) is 72.8 Å². The Morgan fingerprint density at radius 2 is 0.354 bits per heavy atom. The van der Waals surface area contributed by atoms with Gasteiger partial charge in [0.25, 0.3) is 0 Å². The van der Waals surface area contributed by atoms with Gasteiger partial charge in [0.15, 0.2) is 0 Å². The molecule has 0 N–H and O–H groups in total. The molecule has 0 aromatic heterocycles. The molecule has 0 bridgehead atoms. The topological polar surface area (TPSA) is 14.1 Å². The van der Waals surface area contributed by atoms with Crippen LogP contribution in [0, 0.1) is 0 Å². The molecular weight excluding hydrogens is 1360 g/mol. The summed E-state index contributed by atoms with van der Waals surface area (Å²) in [4.78, 5) is 0. The van der Waals surface area contributed by atoms with E-state index in [2.05, 4.69) is 41.5 Å². The van der Waals surface area contributed by atoms with Crippen molar-refractivity contribution in [2.24, 2.45) is 0 Å². The third kappa shape index (κ3) is 26.4. The van der Waals surface area contributed by atoms with Crippen molar-refractivity contribution in [3.63, 3.8) is 0 Å². The average molecular weight is 1450 g/mol. The Hall–Kier alpha value is -4.17. The van der Waals surface area contributed by atoms with Crippen LogP contribution in [-0.4, -0.2) is 43.1 Å². The lowest BCUT2D eigenvalue weighted by Crippen LogP contribution is -2.75. The Morgan fingerprint density at radius 1 is 0.219 bits per heavy atom. The zero-order valence-electron chi connectivity index (χ0n) is 55.1. The van der Waals surface area contributed by atoms with Gasteiger partial charge in [-0.15, -0.1) is 0 Å². The molecule has 4 aromatic rings. The summed E-state index contributed by atoms with van der Waals surface area (Å²) in [6, 6.07) is -8.81. The second kappa shape index (κ2) is 37.0. The first-order valence-electron chi connectivity index (χ1n) is 33.2. The molecule has 4 rings (SSSR count). The van der Waals surface area contributed by atoms with Crippen molar-refractivity contribution < 1.29 is 105 Å². The maximum absolute atomic E-state index is 14.2. The molecule has 0 fully saturated rings. The Morgan fingerprint density at radius 3 is 0.469 bits per heavy atom. The Bertz CT molecular complexity index is 2560. The van der Waals surface area contributed by atoms with Gasteiger partial charge in [0.1, 0.15) is 6.15 Å². The molecule has 28 heteroatoms. The lowest BCUT2D eigenvalue weighted by atomic mass is 9.12. The summed E-state index contributed by atoms with van der Waals surface area (Å²) in [6.07, 6.45) is -11.5. The van der Waals surface area contributed by atoms with Crippen LogP contribution in [0.4, 0.5) is 105 Å². The number of hydrogen-bond donors (Lipinski definition) is 0. The minimum Gasteiger partial charge on any atom is -0.194 e. The zero-order chi connectivity index (χ0) is 72.8. The number of alkyl halides is 24. The van der Waals surface area contributed by atoms with E-state index >= 15 is 0 Å². The highest BCUT2D eigenvalue weighted by Crippen LogP contribution is 2.57. The van der Waals surface area contributed by atoms with Crippen molar-refractivity contribution in [2.75, 3.05) is 37.0 Å². The van der Waals surface area contributed by atoms with Gasteiger partial charge in [0.05, 0.1) is 44.5 Å². The molecule has 0 unspecified atom stereocenters. The molecule has 0 saturated heterocycles. The lowest BCUT2D eigenvalue weighted by Gasteiger charge is -2.46. The van der Waals surface area contributed by atoms with Crippen LogP contribution in [0.25, 0.3) is 0 Å². The molecule has 0 aliphatic rings. The molecule has 0 saturated carbocycles. The third-order valence-corrected chi connectivity index (χ3v) is 27.3. The Labute approximate surface area is 549 Å². The van der Waals surface area contributed by atoms with E-state index in [-0.39, 0.29) is 0 Å². The summed E-state index contributed by atoms with van der Waals surface area (Å²) in [5.74, 6) is 0. The molecule has 0 spiro atoms. The number of benzene rings is 4. The third-order valence-electron chi connectivity index (χ3n) is 17.4. The lowest BCUT2D eigenvalue weighted by molar-refractivity contribution is -0.144. The van der Waals surface area contributed by atoms with Crippen molar-refractivity contribution in [1.29, 1.82) is 0 Å². The minimum atomic E-state index is -6.13. The summed E-state index contributed by atoms with van der Waals surface area (Å²) in [5.41, 5.74) is -30.2. The fourth-order valence-electron chi connectivity index (χ4n) is 12.4. The van der Waals surface area contributed by atoms with Gasteiger partial charge in [-0.2, -0.15) is 131 Å². The van der Waals surface area contributed by atoms with Gasteiger partial charge in [-0.05, 0) is 62.8 Å². The van der Waals surface area contributed by atoms with E-state index in [4.69, 9.17) is 4.17 Å². The summed E-state index contributed by atoms with van der Waals surface area (Å²) >= 11 is 0. The van der Waals surface area contributed by atoms with E-state index in [9.17, 15) is 105 Å². The van der Waals surface area contributed by atoms with Gasteiger partial charge in [-0.25, -0.2) is 0 Å². The maximum Gasteiger partial charge on any atom is 0.416 e. The zero-order valence-corrected chi connectivity index (χ0v) is 56.9. The van der Waals surface area contributed by atoms with E-state index in [1.165, 1.54) is 191 Å². The summed E-state index contributed by atoms with van der Waals surface area (Å²) < 4.78 is 347. The molecule has 4 aromatic carbocycles. The second-order valence-corrected chi connectivity index (χ2v) is 33.0. The maximum atomic E-state index is 14.2. The number of rotatable bonds is 34. The molecule has 0 radical (unpaired) electrons. The SMILES string of the molecule is CCCCCCP(CCCCCC)(CCCCCC)=[N+]=P(CCCCCC)(CCCCCC)CCCCCC.FC(F)(F)c1cc([B-](c2cc(C(F)(F)F)cc(C(F)(F)F)c2)(c2cc(C(F)(F)F)cc(C(F)(F)F)c2)c2cc(C(F)(F)F)cc(C(F)(F)F)c2)cc(C(F)(F)F)c1. The highest BCUT2D eigenvalue weighted by molar-refractivity contribution is 7.73. The molecule has 0 amide bonds. The van der Waals surface area contributed by atoms with E-state index in [0.29, 0.717) is 0 Å². The molecule has 548 valence electrons. The minimum absolute atomic E-state index is 0.691. The highest BCUT2D eigenvalue weighted by Gasteiger charge is 2.48. The second-order valence-electron chi connectivity index (χ2n) is 25.2. The number of nitrogens with zero attached hydrogens (tertiary/aromatic N) is 1. The van der Waals surface area contributed by atoms with E-state index in [1.807, 2.05) is 0 Å². The predicted octanol–water partition coefficient (Wildman–Crippen LogP) is 25.2. The van der Waals surface area contributed by atoms with Crippen LogP contribution in [0.1, 0.15) is 240 Å². The monoisotopic (exact) mass is 1450 g/mol. The predicted molar refractivity (Wildman–Crippen MR) is 340 cm³/mol. The highest BCUT2D eigenvalue weighted by atomic mass is 31.2. The number of hydrogen-bond acceptors (Lipinski definition) is 0. The molecule has 0 aliphatic heterocycles. The summed E-state index contributed by atoms with van der Waals surface area (Å²) in [7, 11) is -2.46. The number of halogens is 24. The van der Waals surface area contributed by atoms with Gasteiger partial charge in [0, 0.05) is 37.0 Å². The fourth-order valence-corrected chi connectivity index (χ4v) is 24.0. The van der Waals surface area contributed by atoms with Crippen LogP contribution in [0.3, 0.4) is 0 Å². The van der Waals surface area contributed by atoms with Gasteiger partial charge in [-0.3, -0.25) is 0 Å².